The van der Waals surface area contributed by atoms with Gasteiger partial charge in [0.25, 0.3) is 0 Å². The van der Waals surface area contributed by atoms with E-state index in [0.717, 1.165) is 6.07 Å². The summed E-state index contributed by atoms with van der Waals surface area (Å²) in [5.74, 6) is -2.21. The second kappa shape index (κ2) is 4.52. The summed E-state index contributed by atoms with van der Waals surface area (Å²) in [4.78, 5) is 2.89. The van der Waals surface area contributed by atoms with Gasteiger partial charge >= 0.3 is 12.5 Å². The van der Waals surface area contributed by atoms with Crippen molar-refractivity contribution in [3.8, 4) is 5.88 Å². The second-order valence-corrected chi connectivity index (χ2v) is 3.14. The first kappa shape index (κ1) is 14.4. The van der Waals surface area contributed by atoms with Crippen molar-refractivity contribution < 1.29 is 31.1 Å². The number of halogens is 6. The molecule has 0 saturated heterocycles. The average Bonchev–Trinajstić information content (AvgIpc) is 2.11. The van der Waals surface area contributed by atoms with Crippen LogP contribution < -0.4 is 16.2 Å². The van der Waals surface area contributed by atoms with E-state index in [1.54, 1.807) is 0 Å². The van der Waals surface area contributed by atoms with Crippen LogP contribution in [-0.4, -0.2) is 11.3 Å². The number of alkyl halides is 6. The lowest BCUT2D eigenvalue weighted by atomic mass is 10.1. The van der Waals surface area contributed by atoms with Gasteiger partial charge in [-0.2, -0.15) is 18.2 Å². The number of pyridine rings is 1. The van der Waals surface area contributed by atoms with Crippen molar-refractivity contribution in [2.24, 2.45) is 5.73 Å². The van der Waals surface area contributed by atoms with Crippen LogP contribution in [0.25, 0.3) is 0 Å². The highest BCUT2D eigenvalue weighted by Crippen LogP contribution is 2.40. The van der Waals surface area contributed by atoms with Gasteiger partial charge in [-0.25, -0.2) is 0 Å². The van der Waals surface area contributed by atoms with E-state index in [1.165, 1.54) is 0 Å². The molecule has 0 atom stereocenters. The van der Waals surface area contributed by atoms with E-state index in [4.69, 9.17) is 11.5 Å². The lowest BCUT2D eigenvalue weighted by molar-refractivity contribution is -0.277. The SMILES string of the molecule is NCc1cc(N)nc(OC(F)(F)F)c1C(F)(F)F. The Labute approximate surface area is 96.5 Å². The molecule has 0 radical (unpaired) electrons. The van der Waals surface area contributed by atoms with Gasteiger partial charge in [-0.3, -0.25) is 0 Å². The Hall–Kier alpha value is -1.71. The van der Waals surface area contributed by atoms with Gasteiger partial charge in [0.1, 0.15) is 11.4 Å². The van der Waals surface area contributed by atoms with Gasteiger partial charge < -0.3 is 16.2 Å². The van der Waals surface area contributed by atoms with Crippen LogP contribution in [0.4, 0.5) is 32.2 Å². The molecule has 0 unspecified atom stereocenters. The first-order valence-corrected chi connectivity index (χ1v) is 4.37. The lowest BCUT2D eigenvalue weighted by Gasteiger charge is -2.17. The fourth-order valence-electron chi connectivity index (χ4n) is 1.24. The van der Waals surface area contributed by atoms with Crippen molar-refractivity contribution in [2.45, 2.75) is 19.1 Å². The first-order chi connectivity index (χ1) is 8.04. The third-order valence-electron chi connectivity index (χ3n) is 1.80. The topological polar surface area (TPSA) is 74.2 Å². The van der Waals surface area contributed by atoms with Crippen molar-refractivity contribution >= 4 is 5.82 Å². The number of nitrogens with zero attached hydrogens (tertiary/aromatic N) is 1. The highest BCUT2D eigenvalue weighted by Gasteiger charge is 2.42. The summed E-state index contributed by atoms with van der Waals surface area (Å²) < 4.78 is 77.0. The normalized spacial score (nSPS) is 12.6. The van der Waals surface area contributed by atoms with Crippen LogP contribution in [0.2, 0.25) is 0 Å². The molecule has 0 fully saturated rings. The minimum Gasteiger partial charge on any atom is -0.387 e. The van der Waals surface area contributed by atoms with Crippen LogP contribution >= 0.6 is 0 Å². The van der Waals surface area contributed by atoms with Gasteiger partial charge in [0.15, 0.2) is 0 Å². The zero-order valence-electron chi connectivity index (χ0n) is 8.56. The summed E-state index contributed by atoms with van der Waals surface area (Å²) in [6.07, 6.45) is -10.4. The van der Waals surface area contributed by atoms with E-state index in [-0.39, 0.29) is 0 Å². The standard InChI is InChI=1S/C8H7F6N3O/c9-7(10,11)5-3(2-15)1-4(16)17-6(5)18-8(12,13)14/h1H,2,15H2,(H2,16,17). The third-order valence-corrected chi connectivity index (χ3v) is 1.80. The number of rotatable bonds is 2. The van der Waals surface area contributed by atoms with E-state index in [0.29, 0.717) is 0 Å². The zero-order chi connectivity index (χ0) is 14.1. The molecule has 18 heavy (non-hydrogen) atoms. The van der Waals surface area contributed by atoms with Crippen LogP contribution in [0.1, 0.15) is 11.1 Å². The molecule has 0 spiro atoms. The van der Waals surface area contributed by atoms with E-state index in [9.17, 15) is 26.3 Å². The van der Waals surface area contributed by atoms with Crippen molar-refractivity contribution in [2.75, 3.05) is 5.73 Å². The highest BCUT2D eigenvalue weighted by atomic mass is 19.4. The monoisotopic (exact) mass is 275 g/mol. The van der Waals surface area contributed by atoms with Gasteiger partial charge in [-0.15, -0.1) is 13.2 Å². The summed E-state index contributed by atoms with van der Waals surface area (Å²) in [7, 11) is 0. The maximum Gasteiger partial charge on any atom is 0.574 e. The molecule has 0 aliphatic rings. The minimum atomic E-state index is -5.31. The molecule has 0 aliphatic heterocycles. The number of hydrogen-bond acceptors (Lipinski definition) is 4. The maximum atomic E-state index is 12.6. The Morgan fingerprint density at radius 2 is 1.72 bits per heavy atom. The summed E-state index contributed by atoms with van der Waals surface area (Å²) in [5.41, 5.74) is 7.80. The molecule has 10 heteroatoms. The van der Waals surface area contributed by atoms with Gasteiger partial charge in [0.2, 0.25) is 5.88 Å². The minimum absolute atomic E-state index is 0.553. The Morgan fingerprint density at radius 1 is 1.17 bits per heavy atom. The molecule has 1 aromatic rings. The van der Waals surface area contributed by atoms with Crippen LogP contribution in [0.3, 0.4) is 0 Å². The number of aromatic nitrogens is 1. The first-order valence-electron chi connectivity index (χ1n) is 4.37. The van der Waals surface area contributed by atoms with E-state index in [1.807, 2.05) is 0 Å². The molecule has 4 N–H and O–H groups in total. The number of hydrogen-bond donors (Lipinski definition) is 2. The molecule has 1 rings (SSSR count). The maximum absolute atomic E-state index is 12.6. The summed E-state index contributed by atoms with van der Waals surface area (Å²) >= 11 is 0. The third kappa shape index (κ3) is 3.39. The summed E-state index contributed by atoms with van der Waals surface area (Å²) in [6, 6.07) is 0.742. The van der Waals surface area contributed by atoms with Crippen molar-refractivity contribution in [1.29, 1.82) is 0 Å². The van der Waals surface area contributed by atoms with Crippen LogP contribution in [0.15, 0.2) is 6.07 Å². The van der Waals surface area contributed by atoms with Crippen LogP contribution in [-0.2, 0) is 12.7 Å². The molecule has 1 aromatic heterocycles. The Kier molecular flexibility index (Phi) is 3.60. The molecule has 0 aromatic carbocycles. The molecule has 0 aliphatic carbocycles. The lowest BCUT2D eigenvalue weighted by Crippen LogP contribution is -2.23. The molecule has 1 heterocycles. The van der Waals surface area contributed by atoms with Crippen molar-refractivity contribution in [3.63, 3.8) is 0 Å². The van der Waals surface area contributed by atoms with Gasteiger partial charge in [0.05, 0.1) is 0 Å². The Morgan fingerprint density at radius 3 is 2.11 bits per heavy atom. The van der Waals surface area contributed by atoms with Crippen LogP contribution in [0, 0.1) is 0 Å². The fraction of sp³-hybridized carbons (Fsp3) is 0.375. The van der Waals surface area contributed by atoms with E-state index < -0.39 is 41.9 Å². The molecule has 0 bridgehead atoms. The van der Waals surface area contributed by atoms with Crippen LogP contribution in [0.5, 0.6) is 5.88 Å². The smallest absolute Gasteiger partial charge is 0.387 e. The van der Waals surface area contributed by atoms with Gasteiger partial charge in [-0.05, 0) is 11.6 Å². The summed E-state index contributed by atoms with van der Waals surface area (Å²) in [5, 5.41) is 0. The molecular weight excluding hydrogens is 268 g/mol. The summed E-state index contributed by atoms with van der Waals surface area (Å²) in [6.45, 7) is -0.657. The molecule has 0 amide bonds. The van der Waals surface area contributed by atoms with Gasteiger partial charge in [0, 0.05) is 6.54 Å². The predicted molar refractivity (Wildman–Crippen MR) is 48.2 cm³/mol. The Balaban J connectivity index is 3.43. The molecule has 0 saturated carbocycles. The molecular formula is C8H7F6N3O. The number of anilines is 1. The Bertz CT molecular complexity index is 442. The second-order valence-electron chi connectivity index (χ2n) is 3.14. The zero-order valence-corrected chi connectivity index (χ0v) is 8.56. The van der Waals surface area contributed by atoms with Crippen molar-refractivity contribution in [3.05, 3.63) is 17.2 Å². The quantitative estimate of drug-likeness (QED) is 0.810. The molecule has 4 nitrogen and oxygen atoms in total. The van der Waals surface area contributed by atoms with E-state index >= 15 is 0 Å². The number of ether oxygens (including phenoxy) is 1. The fourth-order valence-corrected chi connectivity index (χ4v) is 1.24. The molecule has 102 valence electrons. The number of nitrogen functional groups attached to an aromatic ring is 1. The average molecular weight is 275 g/mol. The number of nitrogens with two attached hydrogens (primary N) is 2. The van der Waals surface area contributed by atoms with E-state index in [2.05, 4.69) is 9.72 Å². The van der Waals surface area contributed by atoms with Gasteiger partial charge in [-0.1, -0.05) is 0 Å². The predicted octanol–water partition coefficient (Wildman–Crippen LogP) is 2.04. The largest absolute Gasteiger partial charge is 0.574 e. The van der Waals surface area contributed by atoms with Crippen molar-refractivity contribution in [1.82, 2.24) is 4.98 Å². The highest BCUT2D eigenvalue weighted by molar-refractivity contribution is 5.46.